The number of carbonyl (C=O) groups excluding carboxylic acids is 5. The van der Waals surface area contributed by atoms with Gasteiger partial charge in [-0.3, -0.25) is 28.8 Å². The second-order valence-corrected chi connectivity index (χ2v) is 9.25. The van der Waals surface area contributed by atoms with Crippen molar-refractivity contribution in [1.82, 2.24) is 20.9 Å². The zero-order valence-corrected chi connectivity index (χ0v) is 21.7. The Bertz CT molecular complexity index is 914. The number of aliphatic carboxylic acids is 2. The van der Waals surface area contributed by atoms with E-state index in [-0.39, 0.29) is 32.2 Å². The molecule has 0 aromatic heterocycles. The Morgan fingerprint density at radius 3 is 2.18 bits per heavy atom. The van der Waals surface area contributed by atoms with Gasteiger partial charge in [0.15, 0.2) is 0 Å². The lowest BCUT2D eigenvalue weighted by molar-refractivity contribution is -0.144. The third kappa shape index (κ3) is 12.1. The molecule has 5 amide bonds. The van der Waals surface area contributed by atoms with Crippen molar-refractivity contribution in [2.45, 2.75) is 82.0 Å². The van der Waals surface area contributed by atoms with Crippen molar-refractivity contribution in [2.75, 3.05) is 19.6 Å². The van der Waals surface area contributed by atoms with Gasteiger partial charge in [0.2, 0.25) is 29.5 Å². The van der Waals surface area contributed by atoms with Crippen LogP contribution in [0.4, 0.5) is 0 Å². The number of likely N-dealkylation sites (tertiary alicyclic amines) is 1. The van der Waals surface area contributed by atoms with Gasteiger partial charge in [0.25, 0.3) is 0 Å². The molecule has 0 unspecified atom stereocenters. The Balaban J connectivity index is 2.82. The highest BCUT2D eigenvalue weighted by atomic mass is 16.4. The molecular weight excluding hydrogens is 518 g/mol. The smallest absolute Gasteiger partial charge is 0.326 e. The lowest BCUT2D eigenvalue weighted by Crippen LogP contribution is -2.56. The number of carbonyl (C=O) groups is 7. The van der Waals surface area contributed by atoms with Crippen LogP contribution >= 0.6 is 0 Å². The van der Waals surface area contributed by atoms with Crippen LogP contribution in [0.5, 0.6) is 0 Å². The molecule has 0 aromatic carbocycles. The summed E-state index contributed by atoms with van der Waals surface area (Å²) in [6, 6.07) is -4.58. The van der Waals surface area contributed by atoms with Crippen LogP contribution in [0.3, 0.4) is 0 Å². The summed E-state index contributed by atoms with van der Waals surface area (Å²) in [7, 11) is 0. The maximum atomic E-state index is 13.1. The minimum absolute atomic E-state index is 0.0107. The fraction of sp³-hybridized carbons (Fsp3) is 0.696. The molecule has 1 aliphatic heterocycles. The summed E-state index contributed by atoms with van der Waals surface area (Å²) in [5.74, 6) is -5.89. The van der Waals surface area contributed by atoms with Crippen LogP contribution in [0, 0.1) is 0 Å². The second kappa shape index (κ2) is 16.9. The SMILES string of the molecule is NCCCC[C@H](NC(=O)[C@@H]1CCCN1C(=O)CNC(=O)[C@@H](N)CCC(N)=O)C(=O)N[C@@H](CCC(=O)O)C(=O)O. The van der Waals surface area contributed by atoms with Crippen molar-refractivity contribution in [3.05, 3.63) is 0 Å². The van der Waals surface area contributed by atoms with Gasteiger partial charge in [-0.15, -0.1) is 0 Å². The molecule has 0 bridgehead atoms. The monoisotopic (exact) mass is 557 g/mol. The highest BCUT2D eigenvalue weighted by Gasteiger charge is 2.36. The molecule has 1 aliphatic rings. The van der Waals surface area contributed by atoms with Crippen molar-refractivity contribution < 1.29 is 43.8 Å². The minimum atomic E-state index is -1.47. The van der Waals surface area contributed by atoms with E-state index in [9.17, 15) is 38.7 Å². The maximum Gasteiger partial charge on any atom is 0.326 e. The van der Waals surface area contributed by atoms with Crippen LogP contribution in [0.2, 0.25) is 0 Å². The first-order chi connectivity index (χ1) is 18.4. The Labute approximate surface area is 225 Å². The number of rotatable bonds is 18. The molecule has 1 rings (SSSR count). The third-order valence-corrected chi connectivity index (χ3v) is 6.17. The van der Waals surface area contributed by atoms with E-state index < -0.39 is 78.6 Å². The number of hydrogen-bond donors (Lipinski definition) is 8. The highest BCUT2D eigenvalue weighted by Crippen LogP contribution is 2.18. The lowest BCUT2D eigenvalue weighted by atomic mass is 10.1. The molecule has 4 atom stereocenters. The lowest BCUT2D eigenvalue weighted by Gasteiger charge is -2.27. The van der Waals surface area contributed by atoms with E-state index in [0.717, 1.165) is 0 Å². The van der Waals surface area contributed by atoms with E-state index in [1.165, 1.54) is 4.90 Å². The molecule has 11 N–H and O–H groups in total. The van der Waals surface area contributed by atoms with E-state index >= 15 is 0 Å². The molecule has 1 fully saturated rings. The van der Waals surface area contributed by atoms with E-state index in [1.807, 2.05) is 0 Å². The molecule has 39 heavy (non-hydrogen) atoms. The van der Waals surface area contributed by atoms with Gasteiger partial charge in [-0.25, -0.2) is 4.79 Å². The Kier molecular flexibility index (Phi) is 14.4. The first-order valence-corrected chi connectivity index (χ1v) is 12.7. The van der Waals surface area contributed by atoms with Crippen LogP contribution in [0.15, 0.2) is 0 Å². The topological polar surface area (TPSA) is 277 Å². The van der Waals surface area contributed by atoms with Gasteiger partial charge in [-0.1, -0.05) is 0 Å². The number of nitrogens with zero attached hydrogens (tertiary/aromatic N) is 1. The van der Waals surface area contributed by atoms with Crippen molar-refractivity contribution in [2.24, 2.45) is 17.2 Å². The van der Waals surface area contributed by atoms with Crippen LogP contribution in [0.1, 0.15) is 57.8 Å². The Morgan fingerprint density at radius 2 is 1.59 bits per heavy atom. The number of amides is 5. The summed E-state index contributed by atoms with van der Waals surface area (Å²) in [6.07, 6.45) is 1.01. The van der Waals surface area contributed by atoms with E-state index in [4.69, 9.17) is 22.3 Å². The fourth-order valence-corrected chi connectivity index (χ4v) is 3.99. The van der Waals surface area contributed by atoms with Gasteiger partial charge in [0, 0.05) is 19.4 Å². The Morgan fingerprint density at radius 1 is 0.897 bits per heavy atom. The average molecular weight is 558 g/mol. The van der Waals surface area contributed by atoms with Gasteiger partial charge in [0.1, 0.15) is 18.1 Å². The summed E-state index contributed by atoms with van der Waals surface area (Å²) in [5, 5.41) is 25.4. The minimum Gasteiger partial charge on any atom is -0.481 e. The van der Waals surface area contributed by atoms with Crippen molar-refractivity contribution in [1.29, 1.82) is 0 Å². The normalized spacial score (nSPS) is 17.0. The Hall–Kier alpha value is -3.79. The molecule has 0 aromatic rings. The van der Waals surface area contributed by atoms with E-state index in [2.05, 4.69) is 16.0 Å². The number of carboxylic acid groups (broad SMARTS) is 2. The van der Waals surface area contributed by atoms with E-state index in [1.54, 1.807) is 0 Å². The number of nitrogens with two attached hydrogens (primary N) is 3. The van der Waals surface area contributed by atoms with Gasteiger partial charge >= 0.3 is 11.9 Å². The predicted molar refractivity (Wildman–Crippen MR) is 135 cm³/mol. The maximum absolute atomic E-state index is 13.1. The molecule has 220 valence electrons. The number of carboxylic acids is 2. The molecule has 16 nitrogen and oxygen atoms in total. The summed E-state index contributed by atoms with van der Waals surface area (Å²) < 4.78 is 0. The molecule has 0 radical (unpaired) electrons. The number of nitrogens with one attached hydrogen (secondary N) is 3. The first-order valence-electron chi connectivity index (χ1n) is 12.7. The first kappa shape index (κ1) is 33.2. The molecule has 1 heterocycles. The van der Waals surface area contributed by atoms with Crippen molar-refractivity contribution in [3.8, 4) is 0 Å². The van der Waals surface area contributed by atoms with Crippen LogP contribution in [0.25, 0.3) is 0 Å². The summed E-state index contributed by atoms with van der Waals surface area (Å²) in [5.41, 5.74) is 16.2. The molecule has 0 saturated carbocycles. The largest absolute Gasteiger partial charge is 0.481 e. The van der Waals surface area contributed by atoms with Gasteiger partial charge in [-0.05, 0) is 51.5 Å². The third-order valence-electron chi connectivity index (χ3n) is 6.17. The highest BCUT2D eigenvalue weighted by molar-refractivity contribution is 5.94. The van der Waals surface area contributed by atoms with Gasteiger partial charge < -0.3 is 48.3 Å². The average Bonchev–Trinajstić information content (AvgIpc) is 3.37. The quantitative estimate of drug-likeness (QED) is 0.0774. The second-order valence-electron chi connectivity index (χ2n) is 9.25. The molecule has 1 saturated heterocycles. The molecule has 16 heteroatoms. The number of unbranched alkanes of at least 4 members (excludes halogenated alkanes) is 1. The van der Waals surface area contributed by atoms with Crippen LogP contribution in [-0.2, 0) is 33.6 Å². The summed E-state index contributed by atoms with van der Waals surface area (Å²) in [6.45, 7) is 0.138. The summed E-state index contributed by atoms with van der Waals surface area (Å²) >= 11 is 0. The van der Waals surface area contributed by atoms with Crippen molar-refractivity contribution in [3.63, 3.8) is 0 Å². The predicted octanol–water partition coefficient (Wildman–Crippen LogP) is -3.27. The summed E-state index contributed by atoms with van der Waals surface area (Å²) in [4.78, 5) is 85.2. The zero-order valence-electron chi connectivity index (χ0n) is 21.7. The van der Waals surface area contributed by atoms with Crippen LogP contribution < -0.4 is 33.2 Å². The van der Waals surface area contributed by atoms with Gasteiger partial charge in [0.05, 0.1) is 12.6 Å². The van der Waals surface area contributed by atoms with Crippen LogP contribution in [-0.4, -0.2) is 100 Å². The van der Waals surface area contributed by atoms with Gasteiger partial charge in [-0.2, -0.15) is 0 Å². The molecule has 0 aliphatic carbocycles. The van der Waals surface area contributed by atoms with Crippen molar-refractivity contribution >= 4 is 41.5 Å². The molecule has 0 spiro atoms. The standard InChI is InChI=1S/C23H39N7O9/c24-10-2-1-4-14(21(36)29-15(23(38)39)7-9-19(33)34)28-22(37)16-5-3-11-30(16)18(32)12-27-20(35)13(25)6-8-17(26)31/h13-16H,1-12,24-25H2,(H2,26,31)(H,27,35)(H,28,37)(H,29,36)(H,33,34)(H,38,39)/t13-,14-,15-,16-/m0/s1. The fourth-order valence-electron chi connectivity index (χ4n) is 3.99. The van der Waals surface area contributed by atoms with E-state index in [0.29, 0.717) is 32.2 Å². The number of primary amides is 1. The zero-order chi connectivity index (χ0) is 29.5. The number of hydrogen-bond acceptors (Lipinski definition) is 9. The molecular formula is C23H39N7O9.